The lowest BCUT2D eigenvalue weighted by Gasteiger charge is -2.05. The molecular weight excluding hydrogens is 182 g/mol. The van der Waals surface area contributed by atoms with Gasteiger partial charge in [0.25, 0.3) is 0 Å². The summed E-state index contributed by atoms with van der Waals surface area (Å²) in [6.07, 6.45) is 3.00. The first-order valence-electron chi connectivity index (χ1n) is 3.92. The second-order valence-corrected chi connectivity index (χ2v) is 2.46. The molecular formula is C9H9N3O2. The van der Waals surface area contributed by atoms with Crippen molar-refractivity contribution < 1.29 is 9.53 Å². The number of nitrogens with one attached hydrogen (secondary N) is 1. The number of nitrogens with zero attached hydrogens (tertiary/aromatic N) is 2. The van der Waals surface area contributed by atoms with Gasteiger partial charge in [-0.2, -0.15) is 5.26 Å². The second-order valence-electron chi connectivity index (χ2n) is 2.46. The summed E-state index contributed by atoms with van der Waals surface area (Å²) >= 11 is 0. The van der Waals surface area contributed by atoms with Crippen LogP contribution in [0.15, 0.2) is 18.5 Å². The Morgan fingerprint density at radius 1 is 1.79 bits per heavy atom. The summed E-state index contributed by atoms with van der Waals surface area (Å²) in [5.41, 5.74) is 0.976. The van der Waals surface area contributed by atoms with Crippen molar-refractivity contribution in [1.82, 2.24) is 4.98 Å². The standard InChI is InChI=1S/C9H9N3O2/c1-14-9(13)6-12-8-5-11-3-2-7(8)4-10/h2-3,5,12H,6H2,1H3. The Bertz CT molecular complexity index is 371. The molecule has 0 saturated carbocycles. The van der Waals surface area contributed by atoms with Gasteiger partial charge >= 0.3 is 5.97 Å². The van der Waals surface area contributed by atoms with E-state index in [1.54, 1.807) is 6.07 Å². The molecule has 1 aromatic rings. The van der Waals surface area contributed by atoms with Crippen LogP contribution in [0, 0.1) is 11.3 Å². The molecule has 5 nitrogen and oxygen atoms in total. The van der Waals surface area contributed by atoms with Crippen LogP contribution in [0.25, 0.3) is 0 Å². The van der Waals surface area contributed by atoms with Crippen molar-refractivity contribution in [2.75, 3.05) is 19.0 Å². The Morgan fingerprint density at radius 3 is 3.21 bits per heavy atom. The van der Waals surface area contributed by atoms with Gasteiger partial charge in [0.1, 0.15) is 12.6 Å². The lowest BCUT2D eigenvalue weighted by atomic mass is 10.2. The van der Waals surface area contributed by atoms with Crippen molar-refractivity contribution >= 4 is 11.7 Å². The van der Waals surface area contributed by atoms with Crippen LogP contribution >= 0.6 is 0 Å². The van der Waals surface area contributed by atoms with E-state index < -0.39 is 5.97 Å². The van der Waals surface area contributed by atoms with E-state index in [1.807, 2.05) is 6.07 Å². The van der Waals surface area contributed by atoms with Crippen molar-refractivity contribution in [3.05, 3.63) is 24.0 Å². The predicted octanol–water partition coefficient (Wildman–Crippen LogP) is 0.538. The van der Waals surface area contributed by atoms with E-state index in [2.05, 4.69) is 15.0 Å². The highest BCUT2D eigenvalue weighted by Crippen LogP contribution is 2.10. The van der Waals surface area contributed by atoms with E-state index in [9.17, 15) is 4.79 Å². The Balaban J connectivity index is 2.68. The lowest BCUT2D eigenvalue weighted by Crippen LogP contribution is -2.15. The van der Waals surface area contributed by atoms with Gasteiger partial charge in [-0.15, -0.1) is 0 Å². The molecule has 0 aliphatic rings. The third-order valence-electron chi connectivity index (χ3n) is 1.59. The fourth-order valence-electron chi connectivity index (χ4n) is 0.872. The smallest absolute Gasteiger partial charge is 0.325 e. The van der Waals surface area contributed by atoms with Crippen molar-refractivity contribution in [1.29, 1.82) is 5.26 Å². The molecule has 0 aromatic carbocycles. The van der Waals surface area contributed by atoms with Gasteiger partial charge in [0.15, 0.2) is 0 Å². The highest BCUT2D eigenvalue weighted by atomic mass is 16.5. The Morgan fingerprint density at radius 2 is 2.57 bits per heavy atom. The molecule has 1 aromatic heterocycles. The van der Waals surface area contributed by atoms with Crippen molar-refractivity contribution in [2.45, 2.75) is 0 Å². The summed E-state index contributed by atoms with van der Waals surface area (Å²) in [6, 6.07) is 3.55. The van der Waals surface area contributed by atoms with Gasteiger partial charge in [-0.3, -0.25) is 9.78 Å². The number of hydrogen-bond donors (Lipinski definition) is 1. The number of aromatic nitrogens is 1. The molecule has 0 radical (unpaired) electrons. The van der Waals surface area contributed by atoms with Crippen LogP contribution in [-0.2, 0) is 9.53 Å². The molecule has 72 valence electrons. The van der Waals surface area contributed by atoms with E-state index in [1.165, 1.54) is 19.5 Å². The second kappa shape index (κ2) is 4.82. The number of nitriles is 1. The van der Waals surface area contributed by atoms with Crippen molar-refractivity contribution in [3.63, 3.8) is 0 Å². The molecule has 0 amide bonds. The molecule has 0 unspecified atom stereocenters. The number of carbonyl (C=O) groups excluding carboxylic acids is 1. The first kappa shape index (κ1) is 9.99. The third kappa shape index (κ3) is 2.45. The monoisotopic (exact) mass is 191 g/mol. The maximum Gasteiger partial charge on any atom is 0.325 e. The topological polar surface area (TPSA) is 75.0 Å². The minimum Gasteiger partial charge on any atom is -0.468 e. The summed E-state index contributed by atoms with van der Waals surface area (Å²) in [7, 11) is 1.30. The largest absolute Gasteiger partial charge is 0.468 e. The van der Waals surface area contributed by atoms with E-state index in [0.29, 0.717) is 11.3 Å². The molecule has 0 spiro atoms. The zero-order valence-electron chi connectivity index (χ0n) is 7.65. The molecule has 0 aliphatic heterocycles. The zero-order valence-corrected chi connectivity index (χ0v) is 7.65. The molecule has 1 rings (SSSR count). The summed E-state index contributed by atoms with van der Waals surface area (Å²) < 4.78 is 4.44. The average Bonchev–Trinajstić information content (AvgIpc) is 2.26. The van der Waals surface area contributed by atoms with Gasteiger partial charge in [0.05, 0.1) is 24.6 Å². The molecule has 0 atom stereocenters. The molecule has 0 aliphatic carbocycles. The number of ether oxygens (including phenoxy) is 1. The van der Waals surface area contributed by atoms with Crippen LogP contribution in [0.3, 0.4) is 0 Å². The van der Waals surface area contributed by atoms with Crippen LogP contribution in [0.4, 0.5) is 5.69 Å². The van der Waals surface area contributed by atoms with E-state index in [-0.39, 0.29) is 6.54 Å². The maximum atomic E-state index is 10.8. The fraction of sp³-hybridized carbons (Fsp3) is 0.222. The number of anilines is 1. The Labute approximate surface area is 81.3 Å². The normalized spacial score (nSPS) is 8.86. The van der Waals surface area contributed by atoms with Crippen LogP contribution in [-0.4, -0.2) is 24.6 Å². The number of carbonyl (C=O) groups is 1. The minimum atomic E-state index is -0.391. The lowest BCUT2D eigenvalue weighted by molar-refractivity contribution is -0.138. The SMILES string of the molecule is COC(=O)CNc1cnccc1C#N. The number of pyridine rings is 1. The number of hydrogen-bond acceptors (Lipinski definition) is 5. The van der Waals surface area contributed by atoms with E-state index in [4.69, 9.17) is 5.26 Å². The van der Waals surface area contributed by atoms with Crippen LogP contribution in [0.5, 0.6) is 0 Å². The average molecular weight is 191 g/mol. The van der Waals surface area contributed by atoms with Gasteiger partial charge in [0, 0.05) is 6.20 Å². The highest BCUT2D eigenvalue weighted by Gasteiger charge is 2.03. The number of methoxy groups -OCH3 is 1. The molecule has 5 heteroatoms. The molecule has 0 saturated heterocycles. The molecule has 0 fully saturated rings. The fourth-order valence-corrected chi connectivity index (χ4v) is 0.872. The first-order valence-corrected chi connectivity index (χ1v) is 3.92. The van der Waals surface area contributed by atoms with Crippen LogP contribution in [0.1, 0.15) is 5.56 Å². The van der Waals surface area contributed by atoms with Gasteiger partial charge in [0.2, 0.25) is 0 Å². The van der Waals surface area contributed by atoms with Crippen LogP contribution in [0.2, 0.25) is 0 Å². The summed E-state index contributed by atoms with van der Waals surface area (Å²) in [6.45, 7) is 0.0247. The van der Waals surface area contributed by atoms with Gasteiger partial charge in [-0.25, -0.2) is 0 Å². The zero-order chi connectivity index (χ0) is 10.4. The van der Waals surface area contributed by atoms with Gasteiger partial charge < -0.3 is 10.1 Å². The molecule has 1 N–H and O–H groups in total. The summed E-state index contributed by atoms with van der Waals surface area (Å²) in [4.78, 5) is 14.6. The van der Waals surface area contributed by atoms with Crippen molar-refractivity contribution in [2.24, 2.45) is 0 Å². The summed E-state index contributed by atoms with van der Waals surface area (Å²) in [5, 5.41) is 11.5. The van der Waals surface area contributed by atoms with E-state index >= 15 is 0 Å². The van der Waals surface area contributed by atoms with Gasteiger partial charge in [-0.1, -0.05) is 0 Å². The summed E-state index contributed by atoms with van der Waals surface area (Å²) in [5.74, 6) is -0.391. The van der Waals surface area contributed by atoms with E-state index in [0.717, 1.165) is 0 Å². The number of rotatable bonds is 3. The minimum absolute atomic E-state index is 0.0247. The number of esters is 1. The molecule has 14 heavy (non-hydrogen) atoms. The Kier molecular flexibility index (Phi) is 3.44. The predicted molar refractivity (Wildman–Crippen MR) is 49.5 cm³/mol. The maximum absolute atomic E-state index is 10.8. The third-order valence-corrected chi connectivity index (χ3v) is 1.59. The van der Waals surface area contributed by atoms with Crippen molar-refractivity contribution in [3.8, 4) is 6.07 Å². The quantitative estimate of drug-likeness (QED) is 0.705. The first-order chi connectivity index (χ1) is 6.77. The molecule has 0 bridgehead atoms. The van der Waals surface area contributed by atoms with Crippen LogP contribution < -0.4 is 5.32 Å². The Hall–Kier alpha value is -2.09. The highest BCUT2D eigenvalue weighted by molar-refractivity contribution is 5.75. The van der Waals surface area contributed by atoms with Gasteiger partial charge in [-0.05, 0) is 6.07 Å². The molecule has 1 heterocycles.